The van der Waals surface area contributed by atoms with E-state index in [2.05, 4.69) is 19.8 Å². The van der Waals surface area contributed by atoms with Gasteiger partial charge in [-0.05, 0) is 19.9 Å². The predicted octanol–water partition coefficient (Wildman–Crippen LogP) is 0.234. The van der Waals surface area contributed by atoms with Crippen molar-refractivity contribution in [1.82, 2.24) is 19.8 Å². The van der Waals surface area contributed by atoms with Crippen molar-refractivity contribution in [2.75, 3.05) is 50.7 Å². The third kappa shape index (κ3) is 4.17. The Hall–Kier alpha value is -1.73. The van der Waals surface area contributed by atoms with E-state index in [1.54, 1.807) is 12.4 Å². The molecule has 0 bridgehead atoms. The number of carbonyl (C=O) groups is 1. The molecule has 0 spiro atoms. The molecule has 2 atom stereocenters. The first kappa shape index (κ1) is 16.1. The number of anilines is 1. The van der Waals surface area contributed by atoms with Crippen LogP contribution in [-0.2, 0) is 9.53 Å². The quantitative estimate of drug-likeness (QED) is 0.795. The van der Waals surface area contributed by atoms with Crippen LogP contribution in [0.1, 0.15) is 13.8 Å². The standard InChI is InChI=1S/C16H25N5O2/c1-13-10-21(11-14(2)23-13)15(22)12-19-6-8-20(9-7-19)16-17-4-3-5-18-16/h3-5,13-14H,6-12H2,1-2H3/t13-,14-/m0/s1. The molecule has 1 aromatic rings. The van der Waals surface area contributed by atoms with Gasteiger partial charge in [-0.3, -0.25) is 9.69 Å². The molecular formula is C16H25N5O2. The first-order valence-electron chi connectivity index (χ1n) is 8.29. The van der Waals surface area contributed by atoms with Crippen LogP contribution in [0.5, 0.6) is 0 Å². The third-order valence-corrected chi connectivity index (χ3v) is 4.34. The van der Waals surface area contributed by atoms with Crippen molar-refractivity contribution in [3.63, 3.8) is 0 Å². The van der Waals surface area contributed by atoms with Crippen molar-refractivity contribution >= 4 is 11.9 Å². The van der Waals surface area contributed by atoms with Gasteiger partial charge < -0.3 is 14.5 Å². The number of ether oxygens (including phenoxy) is 1. The summed E-state index contributed by atoms with van der Waals surface area (Å²) in [5.41, 5.74) is 0. The summed E-state index contributed by atoms with van der Waals surface area (Å²) < 4.78 is 5.69. The highest BCUT2D eigenvalue weighted by Gasteiger charge is 2.28. The van der Waals surface area contributed by atoms with Gasteiger partial charge >= 0.3 is 0 Å². The Morgan fingerprint density at radius 3 is 2.35 bits per heavy atom. The van der Waals surface area contributed by atoms with E-state index in [1.165, 1.54) is 0 Å². The maximum Gasteiger partial charge on any atom is 0.236 e. The van der Waals surface area contributed by atoms with Crippen molar-refractivity contribution in [1.29, 1.82) is 0 Å². The maximum absolute atomic E-state index is 12.5. The molecule has 0 aromatic carbocycles. The van der Waals surface area contributed by atoms with Crippen molar-refractivity contribution < 1.29 is 9.53 Å². The molecule has 1 aromatic heterocycles. The fourth-order valence-corrected chi connectivity index (χ4v) is 3.23. The second-order valence-electron chi connectivity index (χ2n) is 6.37. The van der Waals surface area contributed by atoms with E-state index >= 15 is 0 Å². The number of hydrogen-bond donors (Lipinski definition) is 0. The second-order valence-corrected chi connectivity index (χ2v) is 6.37. The number of hydrogen-bond acceptors (Lipinski definition) is 6. The molecule has 3 heterocycles. The minimum Gasteiger partial charge on any atom is -0.372 e. The molecular weight excluding hydrogens is 294 g/mol. The molecule has 0 saturated carbocycles. The molecule has 0 unspecified atom stereocenters. The molecule has 0 N–H and O–H groups in total. The van der Waals surface area contributed by atoms with Gasteiger partial charge in [-0.25, -0.2) is 9.97 Å². The first-order valence-corrected chi connectivity index (χ1v) is 8.29. The first-order chi connectivity index (χ1) is 11.1. The van der Waals surface area contributed by atoms with Crippen LogP contribution in [0.4, 0.5) is 5.95 Å². The molecule has 1 amide bonds. The molecule has 0 aliphatic carbocycles. The van der Waals surface area contributed by atoms with E-state index in [1.807, 2.05) is 24.8 Å². The number of aromatic nitrogens is 2. The molecule has 3 rings (SSSR count). The van der Waals surface area contributed by atoms with E-state index in [0.717, 1.165) is 32.1 Å². The lowest BCUT2D eigenvalue weighted by Gasteiger charge is -2.38. The highest BCUT2D eigenvalue weighted by Crippen LogP contribution is 2.13. The Bertz CT molecular complexity index is 508. The normalized spacial score (nSPS) is 26.3. The van der Waals surface area contributed by atoms with E-state index < -0.39 is 0 Å². The average molecular weight is 319 g/mol. The van der Waals surface area contributed by atoms with Crippen LogP contribution in [0, 0.1) is 0 Å². The smallest absolute Gasteiger partial charge is 0.236 e. The van der Waals surface area contributed by atoms with Crippen molar-refractivity contribution in [3.05, 3.63) is 18.5 Å². The van der Waals surface area contributed by atoms with E-state index in [0.29, 0.717) is 19.6 Å². The van der Waals surface area contributed by atoms with E-state index in [4.69, 9.17) is 4.74 Å². The molecule has 7 heteroatoms. The number of amides is 1. The largest absolute Gasteiger partial charge is 0.372 e. The number of morpholine rings is 1. The Labute approximate surface area is 137 Å². The van der Waals surface area contributed by atoms with Gasteiger partial charge in [-0.1, -0.05) is 0 Å². The van der Waals surface area contributed by atoms with Crippen molar-refractivity contribution in [3.8, 4) is 0 Å². The number of piperazine rings is 1. The van der Waals surface area contributed by atoms with Gasteiger partial charge in [0, 0.05) is 51.7 Å². The second kappa shape index (κ2) is 7.23. The molecule has 2 fully saturated rings. The van der Waals surface area contributed by atoms with Gasteiger partial charge in [0.05, 0.1) is 18.8 Å². The van der Waals surface area contributed by atoms with Crippen LogP contribution in [-0.4, -0.2) is 83.7 Å². The summed E-state index contributed by atoms with van der Waals surface area (Å²) in [5, 5.41) is 0. The minimum atomic E-state index is 0.120. The van der Waals surface area contributed by atoms with Crippen molar-refractivity contribution in [2.45, 2.75) is 26.1 Å². The molecule has 2 aliphatic rings. The number of carbonyl (C=O) groups excluding carboxylic acids is 1. The fraction of sp³-hybridized carbons (Fsp3) is 0.688. The van der Waals surface area contributed by atoms with Crippen LogP contribution in [0.3, 0.4) is 0 Å². The lowest BCUT2D eigenvalue weighted by atomic mass is 10.2. The monoisotopic (exact) mass is 319 g/mol. The summed E-state index contributed by atoms with van der Waals surface area (Å²) in [5.74, 6) is 0.978. The van der Waals surface area contributed by atoms with Gasteiger partial charge in [0.2, 0.25) is 11.9 Å². The summed E-state index contributed by atoms with van der Waals surface area (Å²) in [6, 6.07) is 1.82. The minimum absolute atomic E-state index is 0.120. The molecule has 2 saturated heterocycles. The maximum atomic E-state index is 12.5. The van der Waals surface area contributed by atoms with Gasteiger partial charge in [-0.2, -0.15) is 0 Å². The molecule has 2 aliphatic heterocycles. The Kier molecular flexibility index (Phi) is 5.07. The zero-order valence-corrected chi connectivity index (χ0v) is 13.9. The fourth-order valence-electron chi connectivity index (χ4n) is 3.23. The summed E-state index contributed by atoms with van der Waals surface area (Å²) in [6.07, 6.45) is 3.77. The van der Waals surface area contributed by atoms with E-state index in [-0.39, 0.29) is 18.1 Å². The van der Waals surface area contributed by atoms with Crippen LogP contribution in [0.2, 0.25) is 0 Å². The summed E-state index contributed by atoms with van der Waals surface area (Å²) >= 11 is 0. The average Bonchev–Trinajstić information content (AvgIpc) is 2.55. The Morgan fingerprint density at radius 1 is 1.13 bits per heavy atom. The van der Waals surface area contributed by atoms with Gasteiger partial charge in [0.15, 0.2) is 0 Å². The Morgan fingerprint density at radius 2 is 1.74 bits per heavy atom. The molecule has 126 valence electrons. The Balaban J connectivity index is 1.48. The van der Waals surface area contributed by atoms with Gasteiger partial charge in [0.25, 0.3) is 0 Å². The third-order valence-electron chi connectivity index (χ3n) is 4.34. The summed E-state index contributed by atoms with van der Waals surface area (Å²) in [6.45, 7) is 9.35. The van der Waals surface area contributed by atoms with Gasteiger partial charge in [-0.15, -0.1) is 0 Å². The predicted molar refractivity (Wildman–Crippen MR) is 87.3 cm³/mol. The number of rotatable bonds is 3. The SMILES string of the molecule is C[C@H]1CN(C(=O)CN2CCN(c3ncccn3)CC2)C[C@H](C)O1. The van der Waals surface area contributed by atoms with Crippen LogP contribution >= 0.6 is 0 Å². The number of nitrogens with zero attached hydrogens (tertiary/aromatic N) is 5. The topological polar surface area (TPSA) is 61.8 Å². The van der Waals surface area contributed by atoms with Crippen LogP contribution in [0.25, 0.3) is 0 Å². The van der Waals surface area contributed by atoms with Crippen LogP contribution in [0.15, 0.2) is 18.5 Å². The van der Waals surface area contributed by atoms with Gasteiger partial charge in [0.1, 0.15) is 0 Å². The highest BCUT2D eigenvalue weighted by atomic mass is 16.5. The van der Waals surface area contributed by atoms with Crippen LogP contribution < -0.4 is 4.90 Å². The summed E-state index contributed by atoms with van der Waals surface area (Å²) in [4.78, 5) is 27.4. The molecule has 0 radical (unpaired) electrons. The van der Waals surface area contributed by atoms with E-state index in [9.17, 15) is 4.79 Å². The lowest BCUT2D eigenvalue weighted by Crippen LogP contribution is -2.54. The molecule has 7 nitrogen and oxygen atoms in total. The molecule has 23 heavy (non-hydrogen) atoms. The highest BCUT2D eigenvalue weighted by molar-refractivity contribution is 5.78. The van der Waals surface area contributed by atoms with Crippen molar-refractivity contribution in [2.24, 2.45) is 0 Å². The zero-order valence-electron chi connectivity index (χ0n) is 13.9. The summed E-state index contributed by atoms with van der Waals surface area (Å²) in [7, 11) is 0. The lowest BCUT2D eigenvalue weighted by molar-refractivity contribution is -0.144. The zero-order chi connectivity index (χ0) is 16.2.